The summed E-state index contributed by atoms with van der Waals surface area (Å²) in [5.74, 6) is -4.64. The molecule has 0 aromatic heterocycles. The molecule has 4 atom stereocenters. The number of carbonyl (C=O) groups excluding carboxylic acids is 3. The fourth-order valence-corrected chi connectivity index (χ4v) is 7.44. The quantitative estimate of drug-likeness (QED) is 0.261. The van der Waals surface area contributed by atoms with Crippen LogP contribution in [0, 0.1) is 5.92 Å². The molecule has 3 heterocycles. The van der Waals surface area contributed by atoms with Gasteiger partial charge in [0.05, 0.1) is 23.6 Å². The van der Waals surface area contributed by atoms with E-state index in [0.717, 1.165) is 17.2 Å². The molecule has 1 aromatic rings. The molecule has 0 radical (unpaired) electrons. The number of aliphatic carboxylic acids is 1. The fourth-order valence-electron chi connectivity index (χ4n) is 4.96. The van der Waals surface area contributed by atoms with Gasteiger partial charge < -0.3 is 25.1 Å². The van der Waals surface area contributed by atoms with Crippen molar-refractivity contribution >= 4 is 51.2 Å². The standard InChI is InChI=1S/C22H24ClN3O9S/c1-22(19(21(32)33)26-15(29)7-16(26)36(22,34)35)10-24-8-14(28)11-3-2-6-25(9-11)20(31)12-4-5-13(27)18(30)17(12)23/h4-5,10-11,16,19,27,30H,2-3,6-9H2,1H3,(H,32,33)/t11?,16-,19+,22+/m1/s1. The first-order chi connectivity index (χ1) is 16.8. The van der Waals surface area contributed by atoms with E-state index in [1.807, 2.05) is 0 Å². The van der Waals surface area contributed by atoms with Crippen LogP contribution in [-0.2, 0) is 24.2 Å². The van der Waals surface area contributed by atoms with Gasteiger partial charge in [-0.15, -0.1) is 0 Å². The first kappa shape index (κ1) is 25.9. The van der Waals surface area contributed by atoms with E-state index in [-0.39, 0.29) is 29.3 Å². The Morgan fingerprint density at radius 2 is 1.97 bits per heavy atom. The molecular formula is C22H24ClN3O9S. The van der Waals surface area contributed by atoms with Gasteiger partial charge in [0.2, 0.25) is 5.91 Å². The Hall–Kier alpha value is -3.19. The zero-order valence-electron chi connectivity index (χ0n) is 19.1. The van der Waals surface area contributed by atoms with Crippen molar-refractivity contribution in [2.45, 2.75) is 42.3 Å². The number of hydrogen-bond acceptors (Lipinski definition) is 9. The number of halogens is 1. The van der Waals surface area contributed by atoms with Gasteiger partial charge in [-0.2, -0.15) is 0 Å². The molecule has 36 heavy (non-hydrogen) atoms. The summed E-state index contributed by atoms with van der Waals surface area (Å²) in [6, 6.07) is 0.765. The van der Waals surface area contributed by atoms with Crippen molar-refractivity contribution in [1.82, 2.24) is 9.80 Å². The van der Waals surface area contributed by atoms with Crippen LogP contribution in [0.15, 0.2) is 17.1 Å². The average molecular weight is 542 g/mol. The summed E-state index contributed by atoms with van der Waals surface area (Å²) in [4.78, 5) is 55.6. The number of nitrogens with zero attached hydrogens (tertiary/aromatic N) is 3. The first-order valence-electron chi connectivity index (χ1n) is 11.1. The number of ketones is 1. The number of benzene rings is 1. The largest absolute Gasteiger partial charge is 0.504 e. The van der Waals surface area contributed by atoms with Gasteiger partial charge in [-0.05, 0) is 31.9 Å². The van der Waals surface area contributed by atoms with Crippen molar-refractivity contribution in [2.75, 3.05) is 19.6 Å². The molecule has 2 amide bonds. The van der Waals surface area contributed by atoms with Gasteiger partial charge in [0.25, 0.3) is 5.91 Å². The number of aromatic hydroxyl groups is 2. The van der Waals surface area contributed by atoms with Gasteiger partial charge in [-0.1, -0.05) is 11.6 Å². The lowest BCUT2D eigenvalue weighted by Crippen LogP contribution is -2.57. The molecule has 1 aromatic carbocycles. The number of aliphatic imine (C=N–C) groups is 1. The third-order valence-corrected chi connectivity index (χ3v) is 10.1. The van der Waals surface area contributed by atoms with Crippen molar-refractivity contribution in [3.8, 4) is 11.5 Å². The van der Waals surface area contributed by atoms with Crippen LogP contribution in [0.1, 0.15) is 36.5 Å². The van der Waals surface area contributed by atoms with E-state index in [4.69, 9.17) is 11.6 Å². The second-order valence-electron chi connectivity index (χ2n) is 9.25. The van der Waals surface area contributed by atoms with Crippen LogP contribution in [0.5, 0.6) is 11.5 Å². The topological polar surface area (TPSA) is 182 Å². The number of carboxylic acids is 1. The molecule has 0 saturated carbocycles. The van der Waals surface area contributed by atoms with E-state index >= 15 is 0 Å². The molecule has 0 spiro atoms. The smallest absolute Gasteiger partial charge is 0.328 e. The zero-order chi connectivity index (χ0) is 26.6. The molecule has 3 aliphatic heterocycles. The molecule has 3 N–H and O–H groups in total. The second kappa shape index (κ2) is 9.04. The lowest BCUT2D eigenvalue weighted by atomic mass is 9.93. The number of piperidine rings is 1. The average Bonchev–Trinajstić information content (AvgIpc) is 2.97. The van der Waals surface area contributed by atoms with Gasteiger partial charge >= 0.3 is 5.97 Å². The summed E-state index contributed by atoms with van der Waals surface area (Å²) in [5.41, 5.74) is -0.0312. The van der Waals surface area contributed by atoms with E-state index in [0.29, 0.717) is 19.4 Å². The normalized spacial score (nSPS) is 29.2. The highest BCUT2D eigenvalue weighted by Gasteiger charge is 2.69. The lowest BCUT2D eigenvalue weighted by Gasteiger charge is -2.35. The van der Waals surface area contributed by atoms with Crippen molar-refractivity contribution in [3.05, 3.63) is 22.7 Å². The molecule has 4 rings (SSSR count). The number of rotatable bonds is 6. The number of sulfone groups is 1. The third-order valence-electron chi connectivity index (χ3n) is 7.06. The highest BCUT2D eigenvalue weighted by Crippen LogP contribution is 2.45. The van der Waals surface area contributed by atoms with Crippen LogP contribution in [0.3, 0.4) is 0 Å². The maximum absolute atomic E-state index is 12.9. The van der Waals surface area contributed by atoms with Gasteiger partial charge in [-0.3, -0.25) is 19.4 Å². The van der Waals surface area contributed by atoms with Gasteiger partial charge in [0, 0.05) is 25.2 Å². The van der Waals surface area contributed by atoms with Crippen LogP contribution in [0.4, 0.5) is 0 Å². The highest BCUT2D eigenvalue weighted by molar-refractivity contribution is 7.94. The minimum atomic E-state index is -4.08. The Morgan fingerprint density at radius 3 is 2.61 bits per heavy atom. The number of likely N-dealkylation sites (tertiary alicyclic amines) is 1. The predicted molar refractivity (Wildman–Crippen MR) is 126 cm³/mol. The fraction of sp³-hybridized carbons (Fsp3) is 0.500. The van der Waals surface area contributed by atoms with Crippen LogP contribution >= 0.6 is 11.6 Å². The van der Waals surface area contributed by atoms with E-state index in [2.05, 4.69) is 4.99 Å². The van der Waals surface area contributed by atoms with Crippen LogP contribution in [-0.4, -0.2) is 99.1 Å². The third kappa shape index (κ3) is 3.90. The van der Waals surface area contributed by atoms with Gasteiger partial charge in [-0.25, -0.2) is 13.2 Å². The Morgan fingerprint density at radius 1 is 1.28 bits per heavy atom. The van der Waals surface area contributed by atoms with Crippen LogP contribution in [0.2, 0.25) is 5.02 Å². The minimum absolute atomic E-state index is 0.0312. The molecular weight excluding hydrogens is 518 g/mol. The summed E-state index contributed by atoms with van der Waals surface area (Å²) in [6.07, 6.45) is 1.61. The first-order valence-corrected chi connectivity index (χ1v) is 13.0. The second-order valence-corrected chi connectivity index (χ2v) is 12.1. The maximum atomic E-state index is 12.9. The molecule has 3 saturated heterocycles. The molecule has 3 fully saturated rings. The number of amides is 2. The summed E-state index contributed by atoms with van der Waals surface area (Å²) in [6.45, 7) is 1.14. The zero-order valence-corrected chi connectivity index (χ0v) is 20.7. The SMILES string of the molecule is C[C@]1(C=NCC(=O)C2CCCN(C(=O)c3ccc(O)c(O)c3Cl)C2)[C@H](C(=O)O)N2C(=O)C[C@H]2S1(=O)=O. The number of phenols is 2. The number of β-lactam (4-membered cyclic amide) rings is 1. The Balaban J connectivity index is 1.46. The van der Waals surface area contributed by atoms with Crippen LogP contribution < -0.4 is 0 Å². The van der Waals surface area contributed by atoms with Crippen molar-refractivity contribution < 1.29 is 42.9 Å². The molecule has 3 aliphatic rings. The number of phenolic OH excluding ortho intramolecular Hbond substituents is 2. The molecule has 0 aliphatic carbocycles. The Labute approximate surface area is 211 Å². The van der Waals surface area contributed by atoms with E-state index in [1.165, 1.54) is 17.9 Å². The number of carboxylic acid groups (broad SMARTS) is 1. The highest BCUT2D eigenvalue weighted by atomic mass is 35.5. The summed E-state index contributed by atoms with van der Waals surface area (Å²) < 4.78 is 23.9. The van der Waals surface area contributed by atoms with E-state index in [1.54, 1.807) is 0 Å². The van der Waals surface area contributed by atoms with Gasteiger partial charge in [0.15, 0.2) is 33.2 Å². The predicted octanol–water partition coefficient (Wildman–Crippen LogP) is 0.442. The Bertz CT molecular complexity index is 1300. The number of hydrogen-bond donors (Lipinski definition) is 3. The summed E-state index contributed by atoms with van der Waals surface area (Å²) in [5, 5.41) is 27.4. The van der Waals surface area contributed by atoms with Gasteiger partial charge in [0.1, 0.15) is 10.1 Å². The monoisotopic (exact) mass is 541 g/mol. The number of carbonyl (C=O) groups is 4. The summed E-state index contributed by atoms with van der Waals surface area (Å²) >= 11 is 5.99. The lowest BCUT2D eigenvalue weighted by molar-refractivity contribution is -0.156. The molecule has 1 unspecified atom stereocenters. The summed E-state index contributed by atoms with van der Waals surface area (Å²) in [7, 11) is -4.08. The molecule has 12 nitrogen and oxygen atoms in total. The van der Waals surface area contributed by atoms with E-state index < -0.39 is 67.7 Å². The van der Waals surface area contributed by atoms with Crippen LogP contribution in [0.25, 0.3) is 0 Å². The van der Waals surface area contributed by atoms with Crippen molar-refractivity contribution in [2.24, 2.45) is 10.9 Å². The minimum Gasteiger partial charge on any atom is -0.504 e. The van der Waals surface area contributed by atoms with Crippen molar-refractivity contribution in [1.29, 1.82) is 0 Å². The Kier molecular flexibility index (Phi) is 6.50. The number of Topliss-reactive ketones (excluding diaryl/α,β-unsaturated/α-hetero) is 1. The molecule has 194 valence electrons. The molecule has 14 heteroatoms. The van der Waals surface area contributed by atoms with E-state index in [9.17, 15) is 42.9 Å². The maximum Gasteiger partial charge on any atom is 0.328 e. The number of fused-ring (bicyclic) bond motifs is 1. The molecule has 0 bridgehead atoms. The van der Waals surface area contributed by atoms with Crippen molar-refractivity contribution in [3.63, 3.8) is 0 Å².